The monoisotopic (exact) mass is 319 g/mol. The topological polar surface area (TPSA) is 78.9 Å². The van der Waals surface area contributed by atoms with Gasteiger partial charge in [0.2, 0.25) is 0 Å². The Morgan fingerprint density at radius 3 is 2.71 bits per heavy atom. The first kappa shape index (κ1) is 14.1. The first-order chi connectivity index (χ1) is 11.9. The fourth-order valence-electron chi connectivity index (χ4n) is 2.16. The molecule has 3 aromatic heterocycles. The predicted octanol–water partition coefficient (Wildman–Crippen LogP) is 2.90. The van der Waals surface area contributed by atoms with Gasteiger partial charge in [0.05, 0.1) is 0 Å². The molecule has 7 heteroatoms. The van der Waals surface area contributed by atoms with E-state index in [0.29, 0.717) is 12.5 Å². The van der Waals surface area contributed by atoms with Gasteiger partial charge in [-0.1, -0.05) is 29.4 Å². The van der Waals surface area contributed by atoms with E-state index >= 15 is 0 Å². The van der Waals surface area contributed by atoms with E-state index in [0.717, 1.165) is 16.9 Å². The Labute approximate surface area is 137 Å². The zero-order valence-electron chi connectivity index (χ0n) is 12.6. The Hall–Kier alpha value is -3.48. The summed E-state index contributed by atoms with van der Waals surface area (Å²) in [5, 5.41) is 7.87. The molecule has 0 bridgehead atoms. The molecule has 0 fully saturated rings. The van der Waals surface area contributed by atoms with Gasteiger partial charge in [-0.2, -0.15) is 0 Å². The Kier molecular flexibility index (Phi) is 3.73. The number of nitrogens with zero attached hydrogens (tertiary/aromatic N) is 5. The number of hydrogen-bond acceptors (Lipinski definition) is 6. The predicted molar refractivity (Wildman–Crippen MR) is 85.4 cm³/mol. The maximum Gasteiger partial charge on any atom is 0.415 e. The van der Waals surface area contributed by atoms with E-state index in [4.69, 9.17) is 9.15 Å². The molecule has 0 spiro atoms. The van der Waals surface area contributed by atoms with Crippen molar-refractivity contribution in [3.8, 4) is 23.3 Å². The van der Waals surface area contributed by atoms with E-state index in [1.54, 1.807) is 18.7 Å². The summed E-state index contributed by atoms with van der Waals surface area (Å²) in [5.41, 5.74) is 1.75. The first-order valence-corrected chi connectivity index (χ1v) is 7.33. The molecule has 3 heterocycles. The zero-order chi connectivity index (χ0) is 16.2. The molecular formula is C17H13N5O2. The molecule has 0 saturated carbocycles. The maximum atomic E-state index is 5.53. The molecule has 0 amide bonds. The Bertz CT molecular complexity index is 902. The van der Waals surface area contributed by atoms with Gasteiger partial charge >= 0.3 is 6.08 Å². The van der Waals surface area contributed by atoms with Crippen LogP contribution < -0.4 is 4.74 Å². The molecule has 7 nitrogen and oxygen atoms in total. The lowest BCUT2D eigenvalue weighted by molar-refractivity contribution is 0.222. The molecule has 118 valence electrons. The molecule has 4 rings (SSSR count). The molecule has 0 aliphatic heterocycles. The third-order valence-electron chi connectivity index (χ3n) is 3.37. The second-order valence-corrected chi connectivity index (χ2v) is 5.02. The van der Waals surface area contributed by atoms with E-state index in [2.05, 4.69) is 20.2 Å². The highest BCUT2D eigenvalue weighted by Crippen LogP contribution is 2.20. The summed E-state index contributed by atoms with van der Waals surface area (Å²) in [6.07, 6.45) is 7.11. The number of hydrogen-bond donors (Lipinski definition) is 0. The highest BCUT2D eigenvalue weighted by atomic mass is 16.6. The summed E-state index contributed by atoms with van der Waals surface area (Å²) < 4.78 is 12.9. The number of benzene rings is 1. The van der Waals surface area contributed by atoms with Gasteiger partial charge in [-0.3, -0.25) is 4.57 Å². The molecule has 0 aliphatic carbocycles. The Morgan fingerprint density at radius 1 is 1.04 bits per heavy atom. The van der Waals surface area contributed by atoms with Crippen LogP contribution in [0.15, 0.2) is 71.8 Å². The van der Waals surface area contributed by atoms with Crippen molar-refractivity contribution in [2.45, 2.75) is 6.61 Å². The van der Waals surface area contributed by atoms with Crippen molar-refractivity contribution in [1.82, 2.24) is 24.7 Å². The first-order valence-electron chi connectivity index (χ1n) is 7.33. The summed E-state index contributed by atoms with van der Waals surface area (Å²) in [4.78, 5) is 8.36. The van der Waals surface area contributed by atoms with Crippen molar-refractivity contribution in [2.24, 2.45) is 0 Å². The summed E-state index contributed by atoms with van der Waals surface area (Å²) >= 11 is 0. The van der Waals surface area contributed by atoms with Crippen LogP contribution in [0.2, 0.25) is 0 Å². The fraction of sp³-hybridized carbons (Fsp3) is 0.0588. The van der Waals surface area contributed by atoms with Crippen LogP contribution >= 0.6 is 0 Å². The number of rotatable bonds is 5. The second kappa shape index (κ2) is 6.33. The average Bonchev–Trinajstić information content (AvgIpc) is 3.33. The minimum atomic E-state index is 0.132. The van der Waals surface area contributed by atoms with Crippen LogP contribution in [0, 0.1) is 0 Å². The highest BCUT2D eigenvalue weighted by molar-refractivity contribution is 5.51. The largest absolute Gasteiger partial charge is 0.444 e. The highest BCUT2D eigenvalue weighted by Gasteiger charge is 2.09. The lowest BCUT2D eigenvalue weighted by Crippen LogP contribution is -1.99. The van der Waals surface area contributed by atoms with Crippen LogP contribution in [0.25, 0.3) is 17.3 Å². The molecular weight excluding hydrogens is 306 g/mol. The molecule has 0 aliphatic rings. The minimum Gasteiger partial charge on any atom is -0.444 e. The minimum absolute atomic E-state index is 0.132. The van der Waals surface area contributed by atoms with Crippen molar-refractivity contribution in [1.29, 1.82) is 0 Å². The van der Waals surface area contributed by atoms with Gasteiger partial charge in [-0.05, 0) is 18.2 Å². The van der Waals surface area contributed by atoms with Crippen LogP contribution in [0.4, 0.5) is 0 Å². The Balaban J connectivity index is 1.41. The van der Waals surface area contributed by atoms with Gasteiger partial charge < -0.3 is 9.15 Å². The number of aromatic nitrogens is 5. The second-order valence-electron chi connectivity index (χ2n) is 5.02. The standard InChI is InChI=1S/C17H13N5O2/c1-2-4-14(5-3-1)16-20-21-17(24-16)23-11-13-6-7-15(19-10-13)22-9-8-18-12-22/h1-10,12H,11H2. The third-order valence-corrected chi connectivity index (χ3v) is 3.37. The van der Waals surface area contributed by atoms with Crippen LogP contribution in [0.3, 0.4) is 0 Å². The number of imidazole rings is 1. The van der Waals surface area contributed by atoms with E-state index in [1.807, 2.05) is 53.2 Å². The quantitative estimate of drug-likeness (QED) is 0.563. The van der Waals surface area contributed by atoms with Crippen LogP contribution in [0.5, 0.6) is 6.08 Å². The van der Waals surface area contributed by atoms with Crippen molar-refractivity contribution in [3.05, 3.63) is 72.9 Å². The molecule has 0 unspecified atom stereocenters. The van der Waals surface area contributed by atoms with Gasteiger partial charge in [-0.15, -0.1) is 5.10 Å². The van der Waals surface area contributed by atoms with Gasteiger partial charge in [-0.25, -0.2) is 9.97 Å². The molecule has 0 radical (unpaired) electrons. The molecule has 0 saturated heterocycles. The van der Waals surface area contributed by atoms with Crippen molar-refractivity contribution >= 4 is 0 Å². The SMILES string of the molecule is c1ccc(-c2nnc(OCc3ccc(-n4ccnc4)nc3)o2)cc1. The summed E-state index contributed by atoms with van der Waals surface area (Å²) in [6.45, 7) is 0.299. The van der Waals surface area contributed by atoms with Crippen molar-refractivity contribution < 1.29 is 9.15 Å². The Morgan fingerprint density at radius 2 is 1.96 bits per heavy atom. The van der Waals surface area contributed by atoms with E-state index < -0.39 is 0 Å². The normalized spacial score (nSPS) is 10.7. The smallest absolute Gasteiger partial charge is 0.415 e. The summed E-state index contributed by atoms with van der Waals surface area (Å²) in [7, 11) is 0. The average molecular weight is 319 g/mol. The lowest BCUT2D eigenvalue weighted by Gasteiger charge is -2.03. The fourth-order valence-corrected chi connectivity index (χ4v) is 2.16. The van der Waals surface area contributed by atoms with Gasteiger partial charge in [0, 0.05) is 29.7 Å². The van der Waals surface area contributed by atoms with Gasteiger partial charge in [0.15, 0.2) is 0 Å². The third kappa shape index (κ3) is 3.00. The van der Waals surface area contributed by atoms with Crippen molar-refractivity contribution in [3.63, 3.8) is 0 Å². The summed E-state index contributed by atoms with van der Waals surface area (Å²) in [5.74, 6) is 1.22. The zero-order valence-corrected chi connectivity index (χ0v) is 12.6. The maximum absolute atomic E-state index is 5.53. The van der Waals surface area contributed by atoms with Gasteiger partial charge in [0.25, 0.3) is 5.89 Å². The number of ether oxygens (including phenoxy) is 1. The number of pyridine rings is 1. The van der Waals surface area contributed by atoms with Crippen molar-refractivity contribution in [2.75, 3.05) is 0 Å². The van der Waals surface area contributed by atoms with Crippen LogP contribution in [-0.2, 0) is 6.61 Å². The summed E-state index contributed by atoms with van der Waals surface area (Å²) in [6, 6.07) is 13.4. The van der Waals surface area contributed by atoms with Crippen LogP contribution in [-0.4, -0.2) is 24.7 Å². The van der Waals surface area contributed by atoms with Gasteiger partial charge in [0.1, 0.15) is 18.8 Å². The molecule has 0 atom stereocenters. The van der Waals surface area contributed by atoms with E-state index in [-0.39, 0.29) is 6.08 Å². The lowest BCUT2D eigenvalue weighted by atomic mass is 10.2. The molecule has 24 heavy (non-hydrogen) atoms. The van der Waals surface area contributed by atoms with E-state index in [1.165, 1.54) is 0 Å². The molecule has 1 aromatic carbocycles. The molecule has 4 aromatic rings. The molecule has 0 N–H and O–H groups in total. The van der Waals surface area contributed by atoms with Crippen LogP contribution in [0.1, 0.15) is 5.56 Å². The van der Waals surface area contributed by atoms with E-state index in [9.17, 15) is 0 Å².